The Labute approximate surface area is 105 Å². The second-order valence-corrected chi connectivity index (χ2v) is 6.34. The van der Waals surface area contributed by atoms with Gasteiger partial charge in [0.2, 0.25) is 5.91 Å². The summed E-state index contributed by atoms with van der Waals surface area (Å²) in [6.07, 6.45) is 5.43. The highest BCUT2D eigenvalue weighted by Crippen LogP contribution is 2.35. The van der Waals surface area contributed by atoms with E-state index in [0.717, 1.165) is 32.2 Å². The predicted molar refractivity (Wildman–Crippen MR) is 69.5 cm³/mol. The second-order valence-electron chi connectivity index (χ2n) is 6.34. The Bertz CT molecular complexity index is 301. The highest BCUT2D eigenvalue weighted by Gasteiger charge is 2.42. The van der Waals surface area contributed by atoms with Crippen molar-refractivity contribution in [1.82, 2.24) is 4.90 Å². The van der Waals surface area contributed by atoms with Crippen LogP contribution < -0.4 is 5.73 Å². The molecular formula is C14H26N2O. The standard InChI is InChI=1S/C14H26N2O/c1-10-7-9-16(11(10)2)13(17)12-6-4-5-8-14(12,3)15/h10-12H,4-9,15H2,1-3H3. The van der Waals surface area contributed by atoms with Gasteiger partial charge in [0, 0.05) is 18.1 Å². The summed E-state index contributed by atoms with van der Waals surface area (Å²) in [7, 11) is 0. The molecule has 4 atom stereocenters. The number of hydrogen-bond donors (Lipinski definition) is 1. The maximum Gasteiger partial charge on any atom is 0.227 e. The van der Waals surface area contributed by atoms with E-state index in [2.05, 4.69) is 25.7 Å². The number of nitrogens with two attached hydrogens (primary N) is 1. The zero-order valence-corrected chi connectivity index (χ0v) is 11.4. The fourth-order valence-electron chi connectivity index (χ4n) is 3.37. The van der Waals surface area contributed by atoms with Gasteiger partial charge in [0.25, 0.3) is 0 Å². The zero-order chi connectivity index (χ0) is 12.6. The third kappa shape index (κ3) is 2.35. The Morgan fingerprint density at radius 2 is 2.00 bits per heavy atom. The summed E-state index contributed by atoms with van der Waals surface area (Å²) in [4.78, 5) is 14.7. The van der Waals surface area contributed by atoms with E-state index in [4.69, 9.17) is 5.73 Å². The van der Waals surface area contributed by atoms with Crippen LogP contribution in [0.1, 0.15) is 52.9 Å². The summed E-state index contributed by atoms with van der Waals surface area (Å²) in [5.74, 6) is 0.988. The number of hydrogen-bond acceptors (Lipinski definition) is 2. The molecule has 1 aliphatic heterocycles. The molecule has 2 N–H and O–H groups in total. The Kier molecular flexibility index (Phi) is 3.48. The molecule has 2 aliphatic rings. The quantitative estimate of drug-likeness (QED) is 0.761. The van der Waals surface area contributed by atoms with E-state index >= 15 is 0 Å². The maximum absolute atomic E-state index is 12.6. The van der Waals surface area contributed by atoms with Crippen molar-refractivity contribution in [2.75, 3.05) is 6.54 Å². The predicted octanol–water partition coefficient (Wildman–Crippen LogP) is 2.15. The minimum atomic E-state index is -0.291. The van der Waals surface area contributed by atoms with Crippen LogP contribution in [0.2, 0.25) is 0 Å². The van der Waals surface area contributed by atoms with Crippen LogP contribution in [-0.2, 0) is 4.79 Å². The topological polar surface area (TPSA) is 46.3 Å². The van der Waals surface area contributed by atoms with Crippen LogP contribution in [0.25, 0.3) is 0 Å². The Hall–Kier alpha value is -0.570. The molecule has 17 heavy (non-hydrogen) atoms. The lowest BCUT2D eigenvalue weighted by Gasteiger charge is -2.40. The summed E-state index contributed by atoms with van der Waals surface area (Å²) >= 11 is 0. The summed E-state index contributed by atoms with van der Waals surface area (Å²) in [6.45, 7) is 7.39. The molecule has 1 amide bonds. The lowest BCUT2D eigenvalue weighted by molar-refractivity contribution is -0.139. The van der Waals surface area contributed by atoms with Crippen molar-refractivity contribution in [2.24, 2.45) is 17.6 Å². The first-order valence-electron chi connectivity index (χ1n) is 7.03. The Balaban J connectivity index is 2.09. The van der Waals surface area contributed by atoms with Crippen molar-refractivity contribution in [1.29, 1.82) is 0 Å². The van der Waals surface area contributed by atoms with Crippen LogP contribution in [0.15, 0.2) is 0 Å². The Morgan fingerprint density at radius 1 is 1.29 bits per heavy atom. The highest BCUT2D eigenvalue weighted by atomic mass is 16.2. The van der Waals surface area contributed by atoms with Crippen molar-refractivity contribution >= 4 is 5.91 Å². The molecule has 1 aliphatic carbocycles. The highest BCUT2D eigenvalue weighted by molar-refractivity contribution is 5.81. The van der Waals surface area contributed by atoms with E-state index in [9.17, 15) is 4.79 Å². The molecule has 1 saturated heterocycles. The first kappa shape index (κ1) is 12.9. The molecule has 3 heteroatoms. The van der Waals surface area contributed by atoms with E-state index in [1.807, 2.05) is 0 Å². The van der Waals surface area contributed by atoms with Gasteiger partial charge in [0.05, 0.1) is 5.92 Å². The van der Waals surface area contributed by atoms with Crippen molar-refractivity contribution in [3.05, 3.63) is 0 Å². The van der Waals surface area contributed by atoms with Gasteiger partial charge in [-0.2, -0.15) is 0 Å². The molecular weight excluding hydrogens is 212 g/mol. The lowest BCUT2D eigenvalue weighted by atomic mass is 9.74. The molecule has 98 valence electrons. The van der Waals surface area contributed by atoms with Crippen LogP contribution in [0, 0.1) is 11.8 Å². The molecule has 4 unspecified atom stereocenters. The first-order valence-corrected chi connectivity index (χ1v) is 7.03. The third-order valence-corrected chi connectivity index (χ3v) is 4.98. The van der Waals surface area contributed by atoms with E-state index in [1.165, 1.54) is 6.42 Å². The van der Waals surface area contributed by atoms with Crippen molar-refractivity contribution in [3.63, 3.8) is 0 Å². The fourth-order valence-corrected chi connectivity index (χ4v) is 3.37. The molecule has 0 aromatic rings. The van der Waals surface area contributed by atoms with Gasteiger partial charge in [-0.25, -0.2) is 0 Å². The van der Waals surface area contributed by atoms with Crippen LogP contribution in [-0.4, -0.2) is 28.9 Å². The fraction of sp³-hybridized carbons (Fsp3) is 0.929. The number of likely N-dealkylation sites (tertiary alicyclic amines) is 1. The van der Waals surface area contributed by atoms with Crippen molar-refractivity contribution in [2.45, 2.75) is 64.5 Å². The van der Waals surface area contributed by atoms with Crippen LogP contribution in [0.3, 0.4) is 0 Å². The molecule has 0 aromatic carbocycles. The van der Waals surface area contributed by atoms with Gasteiger partial charge in [0.15, 0.2) is 0 Å². The minimum Gasteiger partial charge on any atom is -0.339 e. The SMILES string of the molecule is CC1CCN(C(=O)C2CCCCC2(C)N)C1C. The second kappa shape index (κ2) is 4.60. The number of rotatable bonds is 1. The summed E-state index contributed by atoms with van der Waals surface area (Å²) in [5, 5.41) is 0. The van der Waals surface area contributed by atoms with Gasteiger partial charge < -0.3 is 10.6 Å². The van der Waals surface area contributed by atoms with E-state index in [0.29, 0.717) is 17.9 Å². The largest absolute Gasteiger partial charge is 0.339 e. The zero-order valence-electron chi connectivity index (χ0n) is 11.4. The molecule has 0 radical (unpaired) electrons. The number of carbonyl (C=O) groups excluding carboxylic acids is 1. The molecule has 2 rings (SSSR count). The van der Waals surface area contributed by atoms with E-state index < -0.39 is 0 Å². The average Bonchev–Trinajstić information content (AvgIpc) is 2.58. The molecule has 2 fully saturated rings. The molecule has 3 nitrogen and oxygen atoms in total. The Morgan fingerprint density at radius 3 is 2.53 bits per heavy atom. The van der Waals surface area contributed by atoms with Gasteiger partial charge >= 0.3 is 0 Å². The third-order valence-electron chi connectivity index (χ3n) is 4.98. The van der Waals surface area contributed by atoms with Crippen molar-refractivity contribution in [3.8, 4) is 0 Å². The first-order chi connectivity index (χ1) is 7.93. The van der Waals surface area contributed by atoms with Gasteiger partial charge in [-0.05, 0) is 39.0 Å². The van der Waals surface area contributed by atoms with Crippen molar-refractivity contribution < 1.29 is 4.79 Å². The van der Waals surface area contributed by atoms with Gasteiger partial charge in [-0.15, -0.1) is 0 Å². The molecule has 1 heterocycles. The van der Waals surface area contributed by atoms with Gasteiger partial charge in [-0.3, -0.25) is 4.79 Å². The monoisotopic (exact) mass is 238 g/mol. The van der Waals surface area contributed by atoms with Crippen LogP contribution in [0.5, 0.6) is 0 Å². The number of nitrogens with zero attached hydrogens (tertiary/aromatic N) is 1. The van der Waals surface area contributed by atoms with Gasteiger partial charge in [0.1, 0.15) is 0 Å². The summed E-state index contributed by atoms with van der Waals surface area (Å²) in [5.41, 5.74) is 6.03. The maximum atomic E-state index is 12.6. The molecule has 1 saturated carbocycles. The molecule has 0 aromatic heterocycles. The number of carbonyl (C=O) groups is 1. The van der Waals surface area contributed by atoms with Gasteiger partial charge in [-0.1, -0.05) is 19.8 Å². The average molecular weight is 238 g/mol. The van der Waals surface area contributed by atoms with E-state index in [-0.39, 0.29) is 11.5 Å². The smallest absolute Gasteiger partial charge is 0.227 e. The molecule has 0 bridgehead atoms. The van der Waals surface area contributed by atoms with Crippen LogP contribution in [0.4, 0.5) is 0 Å². The summed E-state index contributed by atoms with van der Waals surface area (Å²) < 4.78 is 0. The van der Waals surface area contributed by atoms with Crippen LogP contribution >= 0.6 is 0 Å². The summed E-state index contributed by atoms with van der Waals surface area (Å²) in [6, 6.07) is 0.389. The van der Waals surface area contributed by atoms with E-state index in [1.54, 1.807) is 0 Å². The minimum absolute atomic E-state index is 0.0454. The lowest BCUT2D eigenvalue weighted by Crippen LogP contribution is -2.54. The molecule has 0 spiro atoms. The number of amides is 1. The normalized spacial score (nSPS) is 42.8.